The molecule has 2 rings (SSSR count). The molecule has 0 aliphatic heterocycles. The van der Waals surface area contributed by atoms with Crippen LogP contribution in [0.5, 0.6) is 5.75 Å². The number of rotatable bonds is 4. The van der Waals surface area contributed by atoms with Crippen molar-refractivity contribution in [1.29, 1.82) is 0 Å². The SMILES string of the molecule is Cc1ccc(C(=O)NNC(=O)[C@H](C)Oc2ccccc2F)cc1F. The lowest BCUT2D eigenvalue weighted by atomic mass is 10.1. The maximum absolute atomic E-state index is 13.5. The molecule has 2 aromatic carbocycles. The molecule has 126 valence electrons. The second kappa shape index (κ2) is 7.54. The molecule has 0 unspecified atom stereocenters. The zero-order chi connectivity index (χ0) is 17.7. The Labute approximate surface area is 137 Å². The molecule has 2 amide bonds. The highest BCUT2D eigenvalue weighted by molar-refractivity contribution is 5.95. The van der Waals surface area contributed by atoms with Gasteiger partial charge >= 0.3 is 0 Å². The summed E-state index contributed by atoms with van der Waals surface area (Å²) in [5, 5.41) is 0. The van der Waals surface area contributed by atoms with Crippen LogP contribution in [0, 0.1) is 18.6 Å². The molecule has 24 heavy (non-hydrogen) atoms. The minimum atomic E-state index is -1.04. The zero-order valence-corrected chi connectivity index (χ0v) is 13.1. The van der Waals surface area contributed by atoms with E-state index in [1.807, 2.05) is 0 Å². The Morgan fingerprint density at radius 2 is 1.75 bits per heavy atom. The molecule has 0 saturated carbocycles. The third-order valence-electron chi connectivity index (χ3n) is 3.24. The summed E-state index contributed by atoms with van der Waals surface area (Å²) >= 11 is 0. The number of carbonyl (C=O) groups excluding carboxylic acids is 2. The molecular formula is C17H16F2N2O3. The Morgan fingerprint density at radius 1 is 1.04 bits per heavy atom. The summed E-state index contributed by atoms with van der Waals surface area (Å²) in [4.78, 5) is 23.7. The fraction of sp³-hybridized carbons (Fsp3) is 0.176. The first-order valence-electron chi connectivity index (χ1n) is 7.16. The first-order chi connectivity index (χ1) is 11.4. The zero-order valence-electron chi connectivity index (χ0n) is 13.1. The maximum atomic E-state index is 13.5. The van der Waals surface area contributed by atoms with E-state index in [0.29, 0.717) is 5.56 Å². The van der Waals surface area contributed by atoms with Crippen LogP contribution in [-0.2, 0) is 4.79 Å². The second-order valence-electron chi connectivity index (χ2n) is 5.10. The van der Waals surface area contributed by atoms with Gasteiger partial charge in [0, 0.05) is 5.56 Å². The lowest BCUT2D eigenvalue weighted by Gasteiger charge is -2.15. The molecule has 5 nitrogen and oxygen atoms in total. The third kappa shape index (κ3) is 4.28. The number of hydrazine groups is 1. The largest absolute Gasteiger partial charge is 0.478 e. The first-order valence-corrected chi connectivity index (χ1v) is 7.16. The summed E-state index contributed by atoms with van der Waals surface area (Å²) in [6.07, 6.45) is -1.04. The van der Waals surface area contributed by atoms with Gasteiger partial charge in [-0.1, -0.05) is 18.2 Å². The lowest BCUT2D eigenvalue weighted by molar-refractivity contribution is -0.128. The van der Waals surface area contributed by atoms with Crippen LogP contribution < -0.4 is 15.6 Å². The van der Waals surface area contributed by atoms with E-state index in [9.17, 15) is 18.4 Å². The number of aryl methyl sites for hydroxylation is 1. The van der Waals surface area contributed by atoms with Gasteiger partial charge in [-0.15, -0.1) is 0 Å². The van der Waals surface area contributed by atoms with Gasteiger partial charge in [-0.2, -0.15) is 0 Å². The molecular weight excluding hydrogens is 318 g/mol. The van der Waals surface area contributed by atoms with Crippen molar-refractivity contribution in [2.45, 2.75) is 20.0 Å². The van der Waals surface area contributed by atoms with Gasteiger partial charge in [0.25, 0.3) is 11.8 Å². The molecule has 0 heterocycles. The van der Waals surface area contributed by atoms with Gasteiger partial charge < -0.3 is 4.74 Å². The molecule has 7 heteroatoms. The number of para-hydroxylation sites is 1. The van der Waals surface area contributed by atoms with Crippen LogP contribution in [0.25, 0.3) is 0 Å². The molecule has 2 aromatic rings. The van der Waals surface area contributed by atoms with Crippen LogP contribution in [0.1, 0.15) is 22.8 Å². The summed E-state index contributed by atoms with van der Waals surface area (Å²) in [6.45, 7) is 2.97. The molecule has 0 fully saturated rings. The highest BCUT2D eigenvalue weighted by atomic mass is 19.1. The van der Waals surface area contributed by atoms with E-state index in [1.54, 1.807) is 13.0 Å². The van der Waals surface area contributed by atoms with Crippen molar-refractivity contribution in [2.75, 3.05) is 0 Å². The average molecular weight is 334 g/mol. The van der Waals surface area contributed by atoms with Crippen molar-refractivity contribution in [3.8, 4) is 5.75 Å². The Hall–Kier alpha value is -2.96. The monoisotopic (exact) mass is 334 g/mol. The first kappa shape index (κ1) is 17.4. The van der Waals surface area contributed by atoms with Crippen molar-refractivity contribution >= 4 is 11.8 Å². The number of amides is 2. The number of benzene rings is 2. The van der Waals surface area contributed by atoms with Gasteiger partial charge in [0.1, 0.15) is 5.82 Å². The van der Waals surface area contributed by atoms with Gasteiger partial charge in [-0.25, -0.2) is 8.78 Å². The fourth-order valence-electron chi connectivity index (χ4n) is 1.81. The van der Waals surface area contributed by atoms with Crippen molar-refractivity contribution in [2.24, 2.45) is 0 Å². The van der Waals surface area contributed by atoms with Crippen molar-refractivity contribution in [1.82, 2.24) is 10.9 Å². The van der Waals surface area contributed by atoms with Crippen LogP contribution in [0.3, 0.4) is 0 Å². The standard InChI is InChI=1S/C17H16F2N2O3/c1-10-7-8-12(9-14(10)19)17(23)21-20-16(22)11(2)24-15-6-4-3-5-13(15)18/h3-9,11H,1-2H3,(H,20,22)(H,21,23)/t11-/m0/s1. The van der Waals surface area contributed by atoms with E-state index in [-0.39, 0.29) is 11.3 Å². The molecule has 0 aliphatic carbocycles. The molecule has 0 aliphatic rings. The van der Waals surface area contributed by atoms with Gasteiger partial charge in [-0.3, -0.25) is 20.4 Å². The summed E-state index contributed by atoms with van der Waals surface area (Å²) in [5.74, 6) is -2.56. The van der Waals surface area contributed by atoms with E-state index in [1.165, 1.54) is 37.3 Å². The normalized spacial score (nSPS) is 11.5. The second-order valence-corrected chi connectivity index (χ2v) is 5.10. The molecule has 2 N–H and O–H groups in total. The van der Waals surface area contributed by atoms with Crippen LogP contribution in [0.4, 0.5) is 8.78 Å². The van der Waals surface area contributed by atoms with Gasteiger partial charge in [0.2, 0.25) is 0 Å². The Kier molecular flexibility index (Phi) is 5.47. The van der Waals surface area contributed by atoms with E-state index in [4.69, 9.17) is 4.74 Å². The van der Waals surface area contributed by atoms with Crippen LogP contribution in [-0.4, -0.2) is 17.9 Å². The summed E-state index contributed by atoms with van der Waals surface area (Å²) in [6, 6.07) is 9.59. The maximum Gasteiger partial charge on any atom is 0.279 e. The molecule has 0 aromatic heterocycles. The fourth-order valence-corrected chi connectivity index (χ4v) is 1.81. The Bertz CT molecular complexity index is 765. The third-order valence-corrected chi connectivity index (χ3v) is 3.24. The minimum absolute atomic E-state index is 0.0566. The van der Waals surface area contributed by atoms with Crippen LogP contribution in [0.15, 0.2) is 42.5 Å². The Morgan fingerprint density at radius 3 is 2.42 bits per heavy atom. The number of nitrogens with one attached hydrogen (secondary N) is 2. The summed E-state index contributed by atoms with van der Waals surface area (Å²) in [5.41, 5.74) is 4.76. The molecule has 1 atom stereocenters. The molecule has 0 saturated heterocycles. The van der Waals surface area contributed by atoms with Crippen LogP contribution >= 0.6 is 0 Å². The number of carbonyl (C=O) groups is 2. The number of hydrogen-bond donors (Lipinski definition) is 2. The van der Waals surface area contributed by atoms with Gasteiger partial charge in [-0.05, 0) is 43.7 Å². The highest BCUT2D eigenvalue weighted by Gasteiger charge is 2.17. The minimum Gasteiger partial charge on any atom is -0.478 e. The number of ether oxygens (including phenoxy) is 1. The smallest absolute Gasteiger partial charge is 0.279 e. The lowest BCUT2D eigenvalue weighted by Crippen LogP contribution is -2.47. The number of halogens is 2. The Balaban J connectivity index is 1.91. The van der Waals surface area contributed by atoms with Crippen molar-refractivity contribution in [3.05, 3.63) is 65.2 Å². The average Bonchev–Trinajstić information content (AvgIpc) is 2.56. The van der Waals surface area contributed by atoms with Crippen molar-refractivity contribution in [3.63, 3.8) is 0 Å². The topological polar surface area (TPSA) is 67.4 Å². The predicted molar refractivity (Wildman–Crippen MR) is 83.2 cm³/mol. The van der Waals surface area contributed by atoms with Crippen LogP contribution in [0.2, 0.25) is 0 Å². The van der Waals surface area contributed by atoms with Crippen molar-refractivity contribution < 1.29 is 23.1 Å². The van der Waals surface area contributed by atoms with E-state index < -0.39 is 29.6 Å². The highest BCUT2D eigenvalue weighted by Crippen LogP contribution is 2.16. The predicted octanol–water partition coefficient (Wildman–Crippen LogP) is 2.50. The quantitative estimate of drug-likeness (QED) is 0.844. The molecule has 0 spiro atoms. The molecule has 0 radical (unpaired) electrons. The van der Waals surface area contributed by atoms with E-state index in [2.05, 4.69) is 10.9 Å². The summed E-state index contributed by atoms with van der Waals surface area (Å²) in [7, 11) is 0. The molecule has 0 bridgehead atoms. The van der Waals surface area contributed by atoms with Gasteiger partial charge in [0.05, 0.1) is 0 Å². The number of hydrogen-bond acceptors (Lipinski definition) is 3. The van der Waals surface area contributed by atoms with E-state index in [0.717, 1.165) is 6.07 Å². The van der Waals surface area contributed by atoms with Gasteiger partial charge in [0.15, 0.2) is 17.7 Å². The summed E-state index contributed by atoms with van der Waals surface area (Å²) < 4.78 is 32.1. The van der Waals surface area contributed by atoms with E-state index >= 15 is 0 Å².